The first kappa shape index (κ1) is 11.4. The molecule has 0 saturated carbocycles. The number of nitrogens with one attached hydrogen (secondary N) is 1. The standard InChI is InChI=1S/C13H15N3O/c1-10(7-8-14)16-9-12(13(17)15-16)11-5-3-2-4-6-11/h2-6,8-10,14H,7H2,1H3,(H,15,17). The van der Waals surface area contributed by atoms with Crippen LogP contribution in [0, 0.1) is 5.41 Å². The van der Waals surface area contributed by atoms with Crippen molar-refractivity contribution < 1.29 is 5.11 Å². The summed E-state index contributed by atoms with van der Waals surface area (Å²) in [6.45, 7) is 1.96. The summed E-state index contributed by atoms with van der Waals surface area (Å²) >= 11 is 0. The second-order valence-electron chi connectivity index (χ2n) is 4.00. The molecule has 2 aromatic rings. The van der Waals surface area contributed by atoms with Crippen molar-refractivity contribution in [2.75, 3.05) is 0 Å². The van der Waals surface area contributed by atoms with Gasteiger partial charge in [0, 0.05) is 12.6 Å². The molecule has 1 heterocycles. The van der Waals surface area contributed by atoms with Crippen molar-refractivity contribution in [1.82, 2.24) is 9.78 Å². The van der Waals surface area contributed by atoms with E-state index in [9.17, 15) is 5.11 Å². The van der Waals surface area contributed by atoms with Gasteiger partial charge >= 0.3 is 0 Å². The zero-order valence-corrected chi connectivity index (χ0v) is 9.67. The van der Waals surface area contributed by atoms with Gasteiger partial charge in [0.15, 0.2) is 0 Å². The van der Waals surface area contributed by atoms with Gasteiger partial charge in [-0.25, -0.2) is 0 Å². The Morgan fingerprint density at radius 3 is 2.76 bits per heavy atom. The van der Waals surface area contributed by atoms with Gasteiger partial charge in [-0.1, -0.05) is 30.3 Å². The van der Waals surface area contributed by atoms with Gasteiger partial charge in [0.25, 0.3) is 0 Å². The molecule has 0 aliphatic heterocycles. The highest BCUT2D eigenvalue weighted by Gasteiger charge is 2.12. The number of aromatic nitrogens is 2. The zero-order valence-electron chi connectivity index (χ0n) is 9.67. The van der Waals surface area contributed by atoms with Crippen molar-refractivity contribution in [3.63, 3.8) is 0 Å². The first-order valence-corrected chi connectivity index (χ1v) is 5.55. The van der Waals surface area contributed by atoms with Crippen LogP contribution in [0.1, 0.15) is 19.4 Å². The lowest BCUT2D eigenvalue weighted by Gasteiger charge is -2.07. The highest BCUT2D eigenvalue weighted by molar-refractivity contribution is 5.67. The molecule has 1 unspecified atom stereocenters. The Kier molecular flexibility index (Phi) is 3.23. The monoisotopic (exact) mass is 229 g/mol. The van der Waals surface area contributed by atoms with E-state index in [0.717, 1.165) is 11.1 Å². The van der Waals surface area contributed by atoms with Crippen LogP contribution < -0.4 is 0 Å². The van der Waals surface area contributed by atoms with Crippen LogP contribution in [-0.4, -0.2) is 21.1 Å². The molecule has 2 rings (SSSR count). The molecule has 2 N–H and O–H groups in total. The van der Waals surface area contributed by atoms with Crippen molar-refractivity contribution in [3.8, 4) is 17.0 Å². The first-order chi connectivity index (χ1) is 8.22. The molecule has 0 bridgehead atoms. The summed E-state index contributed by atoms with van der Waals surface area (Å²) < 4.78 is 1.70. The summed E-state index contributed by atoms with van der Waals surface area (Å²) in [7, 11) is 0. The van der Waals surface area contributed by atoms with Crippen LogP contribution in [-0.2, 0) is 0 Å². The van der Waals surface area contributed by atoms with E-state index in [0.29, 0.717) is 6.42 Å². The fraction of sp³-hybridized carbons (Fsp3) is 0.231. The Morgan fingerprint density at radius 2 is 2.12 bits per heavy atom. The minimum Gasteiger partial charge on any atom is -0.492 e. The summed E-state index contributed by atoms with van der Waals surface area (Å²) in [5, 5.41) is 21.0. The fourth-order valence-electron chi connectivity index (χ4n) is 1.71. The molecule has 88 valence electrons. The molecular weight excluding hydrogens is 214 g/mol. The molecule has 1 aromatic heterocycles. The van der Waals surface area contributed by atoms with Crippen LogP contribution in [0.2, 0.25) is 0 Å². The van der Waals surface area contributed by atoms with Crippen molar-refractivity contribution in [2.24, 2.45) is 0 Å². The van der Waals surface area contributed by atoms with Crippen LogP contribution in [0.25, 0.3) is 11.1 Å². The molecule has 17 heavy (non-hydrogen) atoms. The summed E-state index contributed by atoms with van der Waals surface area (Å²) in [4.78, 5) is 0. The van der Waals surface area contributed by atoms with E-state index in [-0.39, 0.29) is 11.9 Å². The third kappa shape index (κ3) is 2.36. The highest BCUT2D eigenvalue weighted by atomic mass is 16.3. The summed E-state index contributed by atoms with van der Waals surface area (Å²) in [5.74, 6) is 0.0352. The molecular formula is C13H15N3O. The van der Waals surface area contributed by atoms with E-state index in [2.05, 4.69) is 5.10 Å². The third-order valence-electron chi connectivity index (χ3n) is 2.71. The maximum atomic E-state index is 9.81. The first-order valence-electron chi connectivity index (χ1n) is 5.55. The molecule has 4 heteroatoms. The Labute approximate surface area is 100 Å². The van der Waals surface area contributed by atoms with E-state index in [1.165, 1.54) is 6.21 Å². The van der Waals surface area contributed by atoms with Crippen molar-refractivity contribution in [1.29, 1.82) is 5.41 Å². The summed E-state index contributed by atoms with van der Waals surface area (Å²) in [6.07, 6.45) is 3.78. The van der Waals surface area contributed by atoms with E-state index >= 15 is 0 Å². The SMILES string of the molecule is CC(CC=N)n1cc(-c2ccccc2)c(O)n1. The highest BCUT2D eigenvalue weighted by Crippen LogP contribution is 2.28. The number of nitrogens with zero attached hydrogens (tertiary/aromatic N) is 2. The van der Waals surface area contributed by atoms with Gasteiger partial charge in [-0.15, -0.1) is 5.10 Å². The maximum absolute atomic E-state index is 9.81. The number of rotatable bonds is 4. The van der Waals surface area contributed by atoms with Crippen LogP contribution in [0.5, 0.6) is 5.88 Å². The van der Waals surface area contributed by atoms with Crippen molar-refractivity contribution >= 4 is 6.21 Å². The lowest BCUT2D eigenvalue weighted by atomic mass is 10.1. The van der Waals surface area contributed by atoms with Crippen molar-refractivity contribution in [3.05, 3.63) is 36.5 Å². The van der Waals surface area contributed by atoms with Crippen LogP contribution in [0.3, 0.4) is 0 Å². The quantitative estimate of drug-likeness (QED) is 0.792. The number of hydrogen-bond acceptors (Lipinski definition) is 3. The van der Waals surface area contributed by atoms with Gasteiger partial charge in [0.1, 0.15) is 0 Å². The summed E-state index contributed by atoms with van der Waals surface area (Å²) in [5.41, 5.74) is 1.67. The van der Waals surface area contributed by atoms with E-state index in [4.69, 9.17) is 5.41 Å². The molecule has 0 radical (unpaired) electrons. The third-order valence-corrected chi connectivity index (χ3v) is 2.71. The number of benzene rings is 1. The molecule has 0 aliphatic carbocycles. The van der Waals surface area contributed by atoms with Gasteiger partial charge in [-0.2, -0.15) is 0 Å². The average Bonchev–Trinajstić information content (AvgIpc) is 2.73. The summed E-state index contributed by atoms with van der Waals surface area (Å²) in [6, 6.07) is 9.73. The minimum absolute atomic E-state index is 0.0352. The number of aromatic hydroxyl groups is 1. The van der Waals surface area contributed by atoms with Crippen LogP contribution in [0.4, 0.5) is 0 Å². The van der Waals surface area contributed by atoms with E-state index < -0.39 is 0 Å². The van der Waals surface area contributed by atoms with Gasteiger partial charge in [-0.3, -0.25) is 4.68 Å². The van der Waals surface area contributed by atoms with Crippen molar-refractivity contribution in [2.45, 2.75) is 19.4 Å². The normalized spacial score (nSPS) is 12.3. The maximum Gasteiger partial charge on any atom is 0.238 e. The Bertz CT molecular complexity index is 505. The second kappa shape index (κ2) is 4.82. The Morgan fingerprint density at radius 1 is 1.41 bits per heavy atom. The fourth-order valence-corrected chi connectivity index (χ4v) is 1.71. The van der Waals surface area contributed by atoms with Crippen LogP contribution >= 0.6 is 0 Å². The lowest BCUT2D eigenvalue weighted by Crippen LogP contribution is -2.05. The lowest BCUT2D eigenvalue weighted by molar-refractivity contribution is 0.422. The smallest absolute Gasteiger partial charge is 0.238 e. The predicted molar refractivity (Wildman–Crippen MR) is 67.4 cm³/mol. The van der Waals surface area contributed by atoms with E-state index in [1.54, 1.807) is 4.68 Å². The molecule has 0 aliphatic rings. The molecule has 1 atom stereocenters. The number of hydrogen-bond donors (Lipinski definition) is 2. The van der Waals surface area contributed by atoms with E-state index in [1.807, 2.05) is 43.5 Å². The topological polar surface area (TPSA) is 61.9 Å². The zero-order chi connectivity index (χ0) is 12.3. The molecule has 0 spiro atoms. The molecule has 4 nitrogen and oxygen atoms in total. The predicted octanol–water partition coefficient (Wildman–Crippen LogP) is 2.86. The van der Waals surface area contributed by atoms with Gasteiger partial charge in [-0.05, 0) is 18.7 Å². The molecule has 0 amide bonds. The second-order valence-corrected chi connectivity index (χ2v) is 4.00. The van der Waals surface area contributed by atoms with Gasteiger partial charge < -0.3 is 10.5 Å². The van der Waals surface area contributed by atoms with Crippen LogP contribution in [0.15, 0.2) is 36.5 Å². The largest absolute Gasteiger partial charge is 0.492 e. The van der Waals surface area contributed by atoms with Gasteiger partial charge in [0.2, 0.25) is 5.88 Å². The van der Waals surface area contributed by atoms with Gasteiger partial charge in [0.05, 0.1) is 11.6 Å². The molecule has 1 aromatic carbocycles. The minimum atomic E-state index is 0.0352. The Hall–Kier alpha value is -2.10. The molecule has 0 saturated heterocycles. The Balaban J connectivity index is 2.34. The average molecular weight is 229 g/mol. The molecule has 0 fully saturated rings.